The summed E-state index contributed by atoms with van der Waals surface area (Å²) in [5.41, 5.74) is 0. The highest BCUT2D eigenvalue weighted by molar-refractivity contribution is 5.89. The maximum Gasteiger partial charge on any atom is 0.307 e. The van der Waals surface area contributed by atoms with Crippen LogP contribution in [0.1, 0.15) is 6.42 Å². The Hall–Kier alpha value is -1.14. The number of carbonyl (C=O) groups is 2. The van der Waals surface area contributed by atoms with Gasteiger partial charge in [0, 0.05) is 13.1 Å². The van der Waals surface area contributed by atoms with E-state index in [1.807, 2.05) is 0 Å². The fourth-order valence-electron chi connectivity index (χ4n) is 1.92. The second kappa shape index (κ2) is 3.46. The Morgan fingerprint density at radius 2 is 1.60 bits per heavy atom. The van der Waals surface area contributed by atoms with Crippen LogP contribution >= 0.6 is 0 Å². The van der Waals surface area contributed by atoms with Gasteiger partial charge in [-0.25, -0.2) is 0 Å². The summed E-state index contributed by atoms with van der Waals surface area (Å²) in [7, 11) is 0. The van der Waals surface area contributed by atoms with Crippen LogP contribution in [0.15, 0.2) is 0 Å². The predicted molar refractivity (Wildman–Crippen MR) is 47.8 cm³/mol. The highest BCUT2D eigenvalue weighted by Crippen LogP contribution is 2.40. The molecule has 1 amide bonds. The minimum absolute atomic E-state index is 0.100. The maximum atomic E-state index is 11.7. The molecule has 6 heteroatoms. The van der Waals surface area contributed by atoms with Crippen molar-refractivity contribution in [3.05, 3.63) is 0 Å². The van der Waals surface area contributed by atoms with E-state index in [9.17, 15) is 19.8 Å². The molecule has 3 N–H and O–H groups in total. The van der Waals surface area contributed by atoms with Crippen LogP contribution in [0.25, 0.3) is 0 Å². The van der Waals surface area contributed by atoms with E-state index in [-0.39, 0.29) is 19.0 Å². The minimum atomic E-state index is -0.950. The van der Waals surface area contributed by atoms with E-state index in [0.717, 1.165) is 0 Å². The molecule has 84 valence electrons. The summed E-state index contributed by atoms with van der Waals surface area (Å²) in [6.07, 6.45) is -1.44. The van der Waals surface area contributed by atoms with E-state index in [0.29, 0.717) is 6.42 Å². The molecular weight excluding hydrogens is 202 g/mol. The molecule has 1 heterocycles. The second-order valence-corrected chi connectivity index (χ2v) is 4.16. The van der Waals surface area contributed by atoms with Gasteiger partial charge in [-0.2, -0.15) is 0 Å². The van der Waals surface area contributed by atoms with Crippen LogP contribution in [-0.4, -0.2) is 57.4 Å². The van der Waals surface area contributed by atoms with Crippen LogP contribution in [0.5, 0.6) is 0 Å². The van der Waals surface area contributed by atoms with Crippen molar-refractivity contribution >= 4 is 11.9 Å². The SMILES string of the molecule is O=C(O)[C@H]1C[C@H]1C(=O)N1CC(O)C(O)C1. The van der Waals surface area contributed by atoms with Crippen LogP contribution < -0.4 is 0 Å². The normalized spacial score (nSPS) is 39.2. The van der Waals surface area contributed by atoms with Gasteiger partial charge in [-0.1, -0.05) is 0 Å². The maximum absolute atomic E-state index is 11.7. The molecular formula is C9H13NO5. The first-order chi connectivity index (χ1) is 7.00. The first-order valence-electron chi connectivity index (χ1n) is 4.88. The van der Waals surface area contributed by atoms with Gasteiger partial charge in [0.1, 0.15) is 0 Å². The molecule has 1 saturated carbocycles. The molecule has 0 aromatic heterocycles. The number of carboxylic acid groups (broad SMARTS) is 1. The zero-order valence-electron chi connectivity index (χ0n) is 8.04. The number of rotatable bonds is 2. The Bertz CT molecular complexity index is 295. The average Bonchev–Trinajstić information content (AvgIpc) is 2.89. The molecule has 15 heavy (non-hydrogen) atoms. The molecule has 0 radical (unpaired) electrons. The van der Waals surface area contributed by atoms with Crippen LogP contribution in [-0.2, 0) is 9.59 Å². The summed E-state index contributed by atoms with van der Waals surface area (Å²) in [6, 6.07) is 0. The molecule has 6 nitrogen and oxygen atoms in total. The number of likely N-dealkylation sites (tertiary alicyclic amines) is 1. The van der Waals surface area contributed by atoms with Crippen molar-refractivity contribution in [3.63, 3.8) is 0 Å². The van der Waals surface area contributed by atoms with Gasteiger partial charge in [-0.05, 0) is 6.42 Å². The van der Waals surface area contributed by atoms with Gasteiger partial charge in [0.15, 0.2) is 0 Å². The summed E-state index contributed by atoms with van der Waals surface area (Å²) < 4.78 is 0. The summed E-state index contributed by atoms with van der Waals surface area (Å²) >= 11 is 0. The molecule has 2 aliphatic rings. The van der Waals surface area contributed by atoms with Crippen molar-refractivity contribution in [3.8, 4) is 0 Å². The summed E-state index contributed by atoms with van der Waals surface area (Å²) in [5, 5.41) is 27.1. The summed E-state index contributed by atoms with van der Waals surface area (Å²) in [4.78, 5) is 23.5. The van der Waals surface area contributed by atoms with Gasteiger partial charge in [0.05, 0.1) is 24.0 Å². The monoisotopic (exact) mass is 215 g/mol. The van der Waals surface area contributed by atoms with Gasteiger partial charge in [0.2, 0.25) is 5.91 Å². The summed E-state index contributed by atoms with van der Waals surface area (Å²) in [5.74, 6) is -2.25. The summed E-state index contributed by atoms with van der Waals surface area (Å²) in [6.45, 7) is 0.200. The Kier molecular flexibility index (Phi) is 2.40. The lowest BCUT2D eigenvalue weighted by molar-refractivity contribution is -0.141. The first-order valence-corrected chi connectivity index (χ1v) is 4.88. The number of hydrogen-bond donors (Lipinski definition) is 3. The number of β-amino-alcohol motifs (C(OH)–C–C–N with tert-alkyl or cyclic N) is 2. The number of amides is 1. The van der Waals surface area contributed by atoms with Crippen LogP contribution in [0.2, 0.25) is 0 Å². The molecule has 4 atom stereocenters. The Morgan fingerprint density at radius 3 is 2.00 bits per heavy atom. The predicted octanol–water partition coefficient (Wildman–Crippen LogP) is -1.73. The lowest BCUT2D eigenvalue weighted by atomic mass is 10.3. The third-order valence-corrected chi connectivity index (χ3v) is 3.00. The van der Waals surface area contributed by atoms with E-state index >= 15 is 0 Å². The van der Waals surface area contributed by atoms with Gasteiger partial charge >= 0.3 is 5.97 Å². The third kappa shape index (κ3) is 1.82. The standard InChI is InChI=1S/C9H13NO5/c11-6-2-10(3-7(6)12)8(13)4-1-5(4)9(14)15/h4-7,11-12H,1-3H2,(H,14,15)/t4-,5+,6?,7?/m1/s1. The quantitative estimate of drug-likeness (QED) is 0.508. The average molecular weight is 215 g/mol. The number of carboxylic acids is 1. The molecule has 1 saturated heterocycles. The number of aliphatic carboxylic acids is 1. The van der Waals surface area contributed by atoms with Gasteiger partial charge in [0.25, 0.3) is 0 Å². The number of carbonyl (C=O) groups excluding carboxylic acids is 1. The topological polar surface area (TPSA) is 98.1 Å². The molecule has 1 aliphatic heterocycles. The van der Waals surface area contributed by atoms with Crippen molar-refractivity contribution in [2.45, 2.75) is 18.6 Å². The Balaban J connectivity index is 1.91. The molecule has 1 aliphatic carbocycles. The van der Waals surface area contributed by atoms with E-state index in [1.54, 1.807) is 0 Å². The van der Waals surface area contributed by atoms with Crippen LogP contribution in [0, 0.1) is 11.8 Å². The van der Waals surface area contributed by atoms with Crippen molar-refractivity contribution in [2.24, 2.45) is 11.8 Å². The number of hydrogen-bond acceptors (Lipinski definition) is 4. The van der Waals surface area contributed by atoms with Gasteiger partial charge in [-0.15, -0.1) is 0 Å². The fraction of sp³-hybridized carbons (Fsp3) is 0.778. The molecule has 0 aromatic carbocycles. The lowest BCUT2D eigenvalue weighted by Crippen LogP contribution is -2.32. The number of nitrogens with zero attached hydrogens (tertiary/aromatic N) is 1. The number of aliphatic hydroxyl groups excluding tert-OH is 2. The molecule has 2 fully saturated rings. The fourth-order valence-corrected chi connectivity index (χ4v) is 1.92. The van der Waals surface area contributed by atoms with E-state index in [2.05, 4.69) is 0 Å². The van der Waals surface area contributed by atoms with Crippen molar-refractivity contribution in [1.82, 2.24) is 4.90 Å². The zero-order valence-corrected chi connectivity index (χ0v) is 8.04. The zero-order chi connectivity index (χ0) is 11.2. The van der Waals surface area contributed by atoms with Crippen molar-refractivity contribution in [2.75, 3.05) is 13.1 Å². The van der Waals surface area contributed by atoms with Crippen molar-refractivity contribution < 1.29 is 24.9 Å². The molecule has 2 unspecified atom stereocenters. The molecule has 0 aromatic rings. The highest BCUT2D eigenvalue weighted by Gasteiger charge is 2.51. The van der Waals surface area contributed by atoms with E-state index in [1.165, 1.54) is 4.90 Å². The molecule has 2 rings (SSSR count). The first kappa shape index (κ1) is 10.4. The highest BCUT2D eigenvalue weighted by atomic mass is 16.4. The Labute approximate surface area is 86.1 Å². The molecule has 0 spiro atoms. The van der Waals surface area contributed by atoms with Crippen molar-refractivity contribution in [1.29, 1.82) is 0 Å². The van der Waals surface area contributed by atoms with Gasteiger partial charge in [-0.3, -0.25) is 9.59 Å². The van der Waals surface area contributed by atoms with E-state index < -0.39 is 30.0 Å². The number of aliphatic hydroxyl groups is 2. The Morgan fingerprint density at radius 1 is 1.07 bits per heavy atom. The second-order valence-electron chi connectivity index (χ2n) is 4.16. The van der Waals surface area contributed by atoms with Gasteiger partial charge < -0.3 is 20.2 Å². The van der Waals surface area contributed by atoms with Crippen LogP contribution in [0.3, 0.4) is 0 Å². The third-order valence-electron chi connectivity index (χ3n) is 3.00. The van der Waals surface area contributed by atoms with Crippen LogP contribution in [0.4, 0.5) is 0 Å². The molecule has 0 bridgehead atoms. The largest absolute Gasteiger partial charge is 0.481 e. The minimum Gasteiger partial charge on any atom is -0.481 e. The smallest absolute Gasteiger partial charge is 0.307 e. The lowest BCUT2D eigenvalue weighted by Gasteiger charge is -2.14. The van der Waals surface area contributed by atoms with E-state index in [4.69, 9.17) is 5.11 Å².